The molecular weight excluding hydrogens is 202 g/mol. The summed E-state index contributed by atoms with van der Waals surface area (Å²) < 4.78 is 1.99. The first-order valence-electron chi connectivity index (χ1n) is 5.71. The number of aromatic hydroxyl groups is 1. The Morgan fingerprint density at radius 2 is 2.38 bits per heavy atom. The van der Waals surface area contributed by atoms with E-state index < -0.39 is 0 Å². The molecule has 3 rings (SSSR count). The molecule has 4 nitrogen and oxygen atoms in total. The van der Waals surface area contributed by atoms with Gasteiger partial charge in [0.15, 0.2) is 0 Å². The lowest BCUT2D eigenvalue weighted by Crippen LogP contribution is -2.29. The van der Waals surface area contributed by atoms with Gasteiger partial charge in [-0.1, -0.05) is 0 Å². The summed E-state index contributed by atoms with van der Waals surface area (Å²) in [7, 11) is 0. The van der Waals surface area contributed by atoms with Crippen molar-refractivity contribution in [1.82, 2.24) is 14.7 Å². The zero-order chi connectivity index (χ0) is 11.0. The third kappa shape index (κ3) is 1.55. The van der Waals surface area contributed by atoms with Crippen LogP contribution >= 0.6 is 0 Å². The number of fused-ring (bicyclic) bond motifs is 1. The van der Waals surface area contributed by atoms with E-state index in [1.165, 1.54) is 12.8 Å². The van der Waals surface area contributed by atoms with Crippen molar-refractivity contribution in [2.45, 2.75) is 18.8 Å². The van der Waals surface area contributed by atoms with Crippen LogP contribution in [0.5, 0.6) is 5.75 Å². The van der Waals surface area contributed by atoms with Gasteiger partial charge in [0.05, 0.1) is 17.9 Å². The number of pyridine rings is 1. The maximum absolute atomic E-state index is 9.51. The van der Waals surface area contributed by atoms with E-state index in [9.17, 15) is 5.11 Å². The average Bonchev–Trinajstić information content (AvgIpc) is 2.73. The Hall–Kier alpha value is -1.55. The summed E-state index contributed by atoms with van der Waals surface area (Å²) in [6.07, 6.45) is 5.97. The molecule has 2 aromatic heterocycles. The summed E-state index contributed by atoms with van der Waals surface area (Å²) in [6.45, 7) is 2.08. The molecule has 3 heterocycles. The first-order valence-corrected chi connectivity index (χ1v) is 5.71. The van der Waals surface area contributed by atoms with Crippen molar-refractivity contribution in [2.24, 2.45) is 0 Å². The summed E-state index contributed by atoms with van der Waals surface area (Å²) in [6, 6.07) is 3.59. The Balaban J connectivity index is 2.05. The van der Waals surface area contributed by atoms with Gasteiger partial charge in [0.25, 0.3) is 0 Å². The molecule has 1 atom stereocenters. The number of rotatable bonds is 1. The van der Waals surface area contributed by atoms with Crippen LogP contribution in [0.2, 0.25) is 0 Å². The number of nitrogens with one attached hydrogen (secondary N) is 1. The summed E-state index contributed by atoms with van der Waals surface area (Å²) in [4.78, 5) is 4.47. The van der Waals surface area contributed by atoms with Gasteiger partial charge in [-0.05, 0) is 31.5 Å². The zero-order valence-electron chi connectivity index (χ0n) is 9.06. The Morgan fingerprint density at radius 3 is 3.19 bits per heavy atom. The van der Waals surface area contributed by atoms with Crippen molar-refractivity contribution < 1.29 is 5.11 Å². The summed E-state index contributed by atoms with van der Waals surface area (Å²) in [5.41, 5.74) is 1.04. The minimum atomic E-state index is 0.288. The largest absolute Gasteiger partial charge is 0.506 e. The highest BCUT2D eigenvalue weighted by atomic mass is 16.3. The highest BCUT2D eigenvalue weighted by Gasteiger charge is 2.19. The molecule has 0 amide bonds. The maximum atomic E-state index is 9.51. The normalized spacial score (nSPS) is 21.4. The lowest BCUT2D eigenvalue weighted by Gasteiger charge is -2.21. The third-order valence-electron chi connectivity index (χ3n) is 3.20. The predicted molar refractivity (Wildman–Crippen MR) is 61.7 cm³/mol. The number of imidazole rings is 1. The van der Waals surface area contributed by atoms with Gasteiger partial charge in [0.2, 0.25) is 0 Å². The molecule has 0 spiro atoms. The third-order valence-corrected chi connectivity index (χ3v) is 3.20. The predicted octanol–water partition coefficient (Wildman–Crippen LogP) is 1.51. The van der Waals surface area contributed by atoms with Crippen LogP contribution in [0.25, 0.3) is 5.52 Å². The Morgan fingerprint density at radius 1 is 1.44 bits per heavy atom. The molecule has 1 aliphatic rings. The van der Waals surface area contributed by atoms with Crippen molar-refractivity contribution in [3.8, 4) is 5.75 Å². The monoisotopic (exact) mass is 217 g/mol. The number of piperidine rings is 1. The fourth-order valence-corrected chi connectivity index (χ4v) is 2.37. The van der Waals surface area contributed by atoms with Gasteiger partial charge in [-0.15, -0.1) is 0 Å². The molecule has 0 bridgehead atoms. The second kappa shape index (κ2) is 3.79. The Labute approximate surface area is 93.9 Å². The van der Waals surface area contributed by atoms with Gasteiger partial charge in [-0.25, -0.2) is 4.98 Å². The Bertz CT molecular complexity index is 500. The van der Waals surface area contributed by atoms with Crippen LogP contribution in [0.15, 0.2) is 24.5 Å². The Kier molecular flexibility index (Phi) is 2.29. The van der Waals surface area contributed by atoms with E-state index in [1.54, 1.807) is 12.3 Å². The fraction of sp³-hybridized carbons (Fsp3) is 0.417. The van der Waals surface area contributed by atoms with E-state index in [1.807, 2.05) is 16.7 Å². The number of nitrogens with zero attached hydrogens (tertiary/aromatic N) is 2. The van der Waals surface area contributed by atoms with Gasteiger partial charge < -0.3 is 10.4 Å². The number of hydrogen-bond donors (Lipinski definition) is 2. The van der Waals surface area contributed by atoms with Crippen molar-refractivity contribution in [3.05, 3.63) is 30.4 Å². The highest BCUT2D eigenvalue weighted by molar-refractivity contribution is 5.48. The smallest absolute Gasteiger partial charge is 0.132 e. The first-order chi connectivity index (χ1) is 7.84. The molecule has 1 unspecified atom stereocenters. The SMILES string of the molecule is Oc1ccc2cnc(C3CCCNC3)n2c1. The zero-order valence-corrected chi connectivity index (χ0v) is 9.06. The molecule has 0 aliphatic carbocycles. The summed E-state index contributed by atoms with van der Waals surface area (Å²) >= 11 is 0. The molecule has 0 aromatic carbocycles. The second-order valence-corrected chi connectivity index (χ2v) is 4.34. The van der Waals surface area contributed by atoms with Crippen molar-refractivity contribution in [1.29, 1.82) is 0 Å². The molecule has 2 aromatic rings. The first kappa shape index (κ1) is 9.66. The quantitative estimate of drug-likeness (QED) is 0.761. The van der Waals surface area contributed by atoms with E-state index in [4.69, 9.17) is 0 Å². The lowest BCUT2D eigenvalue weighted by atomic mass is 9.99. The van der Waals surface area contributed by atoms with Crippen molar-refractivity contribution >= 4 is 5.52 Å². The molecule has 1 fully saturated rings. The molecule has 0 radical (unpaired) electrons. The molecule has 0 saturated carbocycles. The van der Waals surface area contributed by atoms with Crippen LogP contribution in [0.1, 0.15) is 24.6 Å². The molecule has 16 heavy (non-hydrogen) atoms. The van der Waals surface area contributed by atoms with Gasteiger partial charge in [-0.3, -0.25) is 4.40 Å². The second-order valence-electron chi connectivity index (χ2n) is 4.34. The standard InChI is InChI=1S/C12H15N3O/c16-11-4-3-10-7-14-12(15(10)8-11)9-2-1-5-13-6-9/h3-4,7-9,13,16H,1-2,5-6H2. The van der Waals surface area contributed by atoms with Crippen molar-refractivity contribution in [3.63, 3.8) is 0 Å². The highest BCUT2D eigenvalue weighted by Crippen LogP contribution is 2.24. The van der Waals surface area contributed by atoms with Crippen LogP contribution in [-0.4, -0.2) is 27.6 Å². The van der Waals surface area contributed by atoms with E-state index >= 15 is 0 Å². The van der Waals surface area contributed by atoms with E-state index in [0.29, 0.717) is 5.92 Å². The van der Waals surface area contributed by atoms with Gasteiger partial charge in [-0.2, -0.15) is 0 Å². The van der Waals surface area contributed by atoms with Gasteiger partial charge in [0, 0.05) is 12.5 Å². The maximum Gasteiger partial charge on any atom is 0.132 e. The summed E-state index contributed by atoms with van der Waals surface area (Å²) in [5.74, 6) is 1.80. The molecule has 2 N–H and O–H groups in total. The van der Waals surface area contributed by atoms with Crippen LogP contribution < -0.4 is 5.32 Å². The van der Waals surface area contributed by atoms with Crippen LogP contribution in [0.3, 0.4) is 0 Å². The molecule has 84 valence electrons. The fourth-order valence-electron chi connectivity index (χ4n) is 2.37. The summed E-state index contributed by atoms with van der Waals surface area (Å²) in [5, 5.41) is 12.9. The molecular formula is C12H15N3O. The van der Waals surface area contributed by atoms with Crippen LogP contribution in [0, 0.1) is 0 Å². The average molecular weight is 217 g/mol. The lowest BCUT2D eigenvalue weighted by molar-refractivity contribution is 0.442. The molecule has 1 saturated heterocycles. The van der Waals surface area contributed by atoms with E-state index in [-0.39, 0.29) is 5.75 Å². The van der Waals surface area contributed by atoms with E-state index in [2.05, 4.69) is 10.3 Å². The minimum Gasteiger partial charge on any atom is -0.506 e. The number of aromatic nitrogens is 2. The van der Waals surface area contributed by atoms with Gasteiger partial charge in [0.1, 0.15) is 11.6 Å². The van der Waals surface area contributed by atoms with Crippen LogP contribution in [0.4, 0.5) is 0 Å². The van der Waals surface area contributed by atoms with Gasteiger partial charge >= 0.3 is 0 Å². The topological polar surface area (TPSA) is 49.6 Å². The molecule has 1 aliphatic heterocycles. The van der Waals surface area contributed by atoms with Crippen LogP contribution in [-0.2, 0) is 0 Å². The molecule has 4 heteroatoms. The minimum absolute atomic E-state index is 0.288. The number of hydrogen-bond acceptors (Lipinski definition) is 3. The van der Waals surface area contributed by atoms with Crippen molar-refractivity contribution in [2.75, 3.05) is 13.1 Å². The van der Waals surface area contributed by atoms with E-state index in [0.717, 1.165) is 24.4 Å².